The summed E-state index contributed by atoms with van der Waals surface area (Å²) in [6.07, 6.45) is 0.315. The third kappa shape index (κ3) is 4.21. The normalized spacial score (nSPS) is 20.4. The number of amides is 1. The van der Waals surface area contributed by atoms with Gasteiger partial charge < -0.3 is 14.1 Å². The molecule has 6 rings (SSSR count). The van der Waals surface area contributed by atoms with E-state index in [2.05, 4.69) is 0 Å². The summed E-state index contributed by atoms with van der Waals surface area (Å²) < 4.78 is 36.7. The minimum Gasteiger partial charge on any atom is -0.489 e. The van der Waals surface area contributed by atoms with Crippen LogP contribution in [-0.4, -0.2) is 36.8 Å². The molecular formula is C29H25NO6S. The molecule has 4 aromatic rings. The number of rotatable bonds is 5. The van der Waals surface area contributed by atoms with Crippen molar-refractivity contribution in [2.75, 3.05) is 11.5 Å². The Hall–Kier alpha value is -3.91. The molecular weight excluding hydrogens is 490 g/mol. The third-order valence-electron chi connectivity index (χ3n) is 7.09. The first kappa shape index (κ1) is 23.5. The zero-order valence-corrected chi connectivity index (χ0v) is 21.0. The molecule has 37 heavy (non-hydrogen) atoms. The van der Waals surface area contributed by atoms with Crippen molar-refractivity contribution in [3.05, 3.63) is 111 Å². The summed E-state index contributed by atoms with van der Waals surface area (Å²) in [5, 5.41) is 0.397. The molecule has 8 heteroatoms. The van der Waals surface area contributed by atoms with Crippen LogP contribution in [0, 0.1) is 6.92 Å². The Morgan fingerprint density at radius 2 is 1.81 bits per heavy atom. The Morgan fingerprint density at radius 3 is 2.57 bits per heavy atom. The molecule has 7 nitrogen and oxygen atoms in total. The van der Waals surface area contributed by atoms with Gasteiger partial charge in [0.2, 0.25) is 5.76 Å². The molecule has 1 fully saturated rings. The van der Waals surface area contributed by atoms with Crippen molar-refractivity contribution in [1.29, 1.82) is 0 Å². The predicted molar refractivity (Wildman–Crippen MR) is 140 cm³/mol. The summed E-state index contributed by atoms with van der Waals surface area (Å²) in [4.78, 5) is 29.0. The highest BCUT2D eigenvalue weighted by molar-refractivity contribution is 7.91. The van der Waals surface area contributed by atoms with Crippen LogP contribution in [0.2, 0.25) is 0 Å². The lowest BCUT2D eigenvalue weighted by atomic mass is 9.97. The van der Waals surface area contributed by atoms with Gasteiger partial charge in [-0.3, -0.25) is 9.59 Å². The highest BCUT2D eigenvalue weighted by Gasteiger charge is 2.48. The van der Waals surface area contributed by atoms with Gasteiger partial charge in [0.05, 0.1) is 28.5 Å². The molecule has 3 heterocycles. The van der Waals surface area contributed by atoms with Crippen LogP contribution >= 0.6 is 0 Å². The zero-order chi connectivity index (χ0) is 25.7. The molecule has 0 N–H and O–H groups in total. The summed E-state index contributed by atoms with van der Waals surface area (Å²) in [6.45, 7) is 2.25. The maximum absolute atomic E-state index is 13.8. The molecule has 0 aliphatic carbocycles. The average Bonchev–Trinajstić information content (AvgIpc) is 3.40. The molecule has 2 atom stereocenters. The van der Waals surface area contributed by atoms with E-state index >= 15 is 0 Å². The molecule has 0 bridgehead atoms. The molecule has 0 saturated carbocycles. The summed E-state index contributed by atoms with van der Waals surface area (Å²) in [6, 6.07) is 21.0. The quantitative estimate of drug-likeness (QED) is 0.391. The van der Waals surface area contributed by atoms with Crippen molar-refractivity contribution in [1.82, 2.24) is 4.90 Å². The van der Waals surface area contributed by atoms with Gasteiger partial charge in [-0.05, 0) is 48.7 Å². The number of fused-ring (bicyclic) bond motifs is 2. The van der Waals surface area contributed by atoms with Crippen LogP contribution in [0.15, 0.2) is 82.0 Å². The minimum atomic E-state index is -3.28. The summed E-state index contributed by atoms with van der Waals surface area (Å²) in [5.41, 5.74) is 2.87. The van der Waals surface area contributed by atoms with Gasteiger partial charge in [-0.2, -0.15) is 0 Å². The topological polar surface area (TPSA) is 93.9 Å². The zero-order valence-electron chi connectivity index (χ0n) is 20.2. The molecule has 188 valence electrons. The Labute approximate surface area is 214 Å². The Morgan fingerprint density at radius 1 is 1.00 bits per heavy atom. The number of benzene rings is 3. The number of aryl methyl sites for hydroxylation is 1. The first-order valence-corrected chi connectivity index (χ1v) is 14.0. The van der Waals surface area contributed by atoms with E-state index in [4.69, 9.17) is 9.15 Å². The fourth-order valence-electron chi connectivity index (χ4n) is 5.32. The van der Waals surface area contributed by atoms with E-state index in [1.54, 1.807) is 12.1 Å². The van der Waals surface area contributed by atoms with Crippen molar-refractivity contribution in [2.24, 2.45) is 0 Å². The number of sulfone groups is 1. The van der Waals surface area contributed by atoms with Gasteiger partial charge in [-0.1, -0.05) is 54.1 Å². The molecule has 2 aliphatic heterocycles. The summed E-state index contributed by atoms with van der Waals surface area (Å²) in [5.74, 6) is -0.0288. The summed E-state index contributed by atoms with van der Waals surface area (Å²) in [7, 11) is -3.28. The first-order chi connectivity index (χ1) is 17.8. The minimum absolute atomic E-state index is 0.00723. The maximum atomic E-state index is 13.8. The fourth-order valence-corrected chi connectivity index (χ4v) is 7.03. The van der Waals surface area contributed by atoms with Gasteiger partial charge >= 0.3 is 0 Å². The van der Waals surface area contributed by atoms with E-state index in [0.29, 0.717) is 35.3 Å². The molecule has 1 amide bonds. The number of carbonyl (C=O) groups is 1. The van der Waals surface area contributed by atoms with E-state index in [1.807, 2.05) is 67.6 Å². The number of ether oxygens (including phenoxy) is 1. The largest absolute Gasteiger partial charge is 0.489 e. The highest BCUT2D eigenvalue weighted by atomic mass is 32.2. The van der Waals surface area contributed by atoms with E-state index in [9.17, 15) is 18.0 Å². The van der Waals surface area contributed by atoms with E-state index < -0.39 is 27.8 Å². The van der Waals surface area contributed by atoms with Crippen LogP contribution < -0.4 is 10.2 Å². The van der Waals surface area contributed by atoms with Gasteiger partial charge in [-0.25, -0.2) is 8.42 Å². The van der Waals surface area contributed by atoms with E-state index in [-0.39, 0.29) is 28.3 Å². The van der Waals surface area contributed by atoms with Gasteiger partial charge in [0, 0.05) is 6.04 Å². The van der Waals surface area contributed by atoms with Crippen LogP contribution in [0.5, 0.6) is 5.75 Å². The van der Waals surface area contributed by atoms with Crippen LogP contribution in [0.4, 0.5) is 0 Å². The average molecular weight is 516 g/mol. The van der Waals surface area contributed by atoms with Crippen molar-refractivity contribution in [3.8, 4) is 5.75 Å². The van der Waals surface area contributed by atoms with E-state index in [1.165, 1.54) is 4.90 Å². The van der Waals surface area contributed by atoms with Crippen LogP contribution in [-0.2, 0) is 16.4 Å². The van der Waals surface area contributed by atoms with Crippen LogP contribution in [0.25, 0.3) is 11.0 Å². The number of hydrogen-bond acceptors (Lipinski definition) is 6. The van der Waals surface area contributed by atoms with Crippen LogP contribution in [0.1, 0.15) is 45.3 Å². The maximum Gasteiger partial charge on any atom is 0.291 e. The number of hydrogen-bond donors (Lipinski definition) is 0. The molecule has 2 unspecified atom stereocenters. The fraction of sp³-hybridized carbons (Fsp3) is 0.241. The molecule has 0 radical (unpaired) electrons. The first-order valence-electron chi connectivity index (χ1n) is 12.2. The Kier molecular flexibility index (Phi) is 5.64. The molecule has 1 saturated heterocycles. The van der Waals surface area contributed by atoms with Crippen molar-refractivity contribution >= 4 is 26.7 Å². The highest BCUT2D eigenvalue weighted by Crippen LogP contribution is 2.42. The summed E-state index contributed by atoms with van der Waals surface area (Å²) >= 11 is 0. The van der Waals surface area contributed by atoms with Crippen LogP contribution in [0.3, 0.4) is 0 Å². The molecule has 1 aromatic heterocycles. The standard InChI is InChI=1S/C29H25NO6S/c1-18-10-11-24-23(14-18)27(31)25-26(30(29(32)28(25)36-24)21-12-13-37(33,34)17-21)20-8-5-9-22(15-20)35-16-19-6-3-2-4-7-19/h2-11,14-15,21,26H,12-13,16-17H2,1H3. The number of carbonyl (C=O) groups excluding carboxylic acids is 1. The van der Waals surface area contributed by atoms with Gasteiger partial charge in [0.1, 0.15) is 17.9 Å². The van der Waals surface area contributed by atoms with Gasteiger partial charge in [0.15, 0.2) is 15.3 Å². The second-order valence-corrected chi connectivity index (χ2v) is 11.9. The van der Waals surface area contributed by atoms with Crippen molar-refractivity contribution in [2.45, 2.75) is 32.0 Å². The van der Waals surface area contributed by atoms with Gasteiger partial charge in [0.25, 0.3) is 5.91 Å². The lowest BCUT2D eigenvalue weighted by Gasteiger charge is -2.30. The molecule has 0 spiro atoms. The lowest BCUT2D eigenvalue weighted by Crippen LogP contribution is -2.40. The second-order valence-electron chi connectivity index (χ2n) is 9.69. The monoisotopic (exact) mass is 515 g/mol. The Bertz CT molecular complexity index is 1690. The smallest absolute Gasteiger partial charge is 0.291 e. The number of nitrogens with zero attached hydrogens (tertiary/aromatic N) is 1. The van der Waals surface area contributed by atoms with Crippen molar-refractivity contribution < 1.29 is 22.4 Å². The lowest BCUT2D eigenvalue weighted by molar-refractivity contribution is 0.0662. The van der Waals surface area contributed by atoms with Gasteiger partial charge in [-0.15, -0.1) is 0 Å². The molecule has 3 aromatic carbocycles. The molecule has 2 aliphatic rings. The Balaban J connectivity index is 1.47. The van der Waals surface area contributed by atoms with Crippen molar-refractivity contribution in [3.63, 3.8) is 0 Å². The predicted octanol–water partition coefficient (Wildman–Crippen LogP) is 4.41. The second kappa shape index (κ2) is 8.88. The van der Waals surface area contributed by atoms with E-state index in [0.717, 1.165) is 11.1 Å². The third-order valence-corrected chi connectivity index (χ3v) is 8.84. The SMILES string of the molecule is Cc1ccc2oc3c(c(=O)c2c1)C(c1cccc(OCc2ccccc2)c1)N(C1CCS(=O)(=O)C1)C3=O.